The monoisotopic (exact) mass is 395 g/mol. The molecule has 1 aromatic carbocycles. The van der Waals surface area contributed by atoms with Crippen molar-refractivity contribution in [3.05, 3.63) is 85.0 Å². The lowest BCUT2D eigenvalue weighted by molar-refractivity contribution is 0.104. The van der Waals surface area contributed by atoms with E-state index in [1.807, 2.05) is 54.1 Å². The maximum atomic E-state index is 12.4. The molecule has 0 radical (unpaired) electrons. The summed E-state index contributed by atoms with van der Waals surface area (Å²) in [4.78, 5) is 30.6. The Morgan fingerprint density at radius 2 is 1.96 bits per heavy atom. The number of aryl methyl sites for hydroxylation is 1. The number of carbonyl (C=O) groups is 1. The number of rotatable bonds is 5. The Bertz CT molecular complexity index is 1150. The number of fused-ring (bicyclic) bond motifs is 1. The molecule has 0 fully saturated rings. The number of thiophene rings is 2. The van der Waals surface area contributed by atoms with E-state index in [2.05, 4.69) is 11.9 Å². The summed E-state index contributed by atoms with van der Waals surface area (Å²) < 4.78 is 5.42. The topological polar surface area (TPSA) is 60.2 Å². The molecule has 4 rings (SSSR count). The first-order chi connectivity index (χ1) is 13.0. The van der Waals surface area contributed by atoms with Gasteiger partial charge in [0.1, 0.15) is 4.83 Å². The molecular weight excluding hydrogens is 378 g/mol. The van der Waals surface area contributed by atoms with Crippen LogP contribution < -0.4 is 5.63 Å². The summed E-state index contributed by atoms with van der Waals surface area (Å²) in [5.74, 6) is 0.598. The summed E-state index contributed by atoms with van der Waals surface area (Å²) in [6.45, 7) is 3.94. The Labute approximate surface area is 164 Å². The van der Waals surface area contributed by atoms with Crippen molar-refractivity contribution in [1.82, 2.24) is 4.98 Å². The van der Waals surface area contributed by atoms with E-state index < -0.39 is 0 Å². The van der Waals surface area contributed by atoms with Crippen molar-refractivity contribution < 1.29 is 9.21 Å². The largest absolute Gasteiger partial charge is 0.408 e. The minimum Gasteiger partial charge on any atom is -0.408 e. The van der Waals surface area contributed by atoms with Crippen LogP contribution in [-0.4, -0.2) is 10.8 Å². The van der Waals surface area contributed by atoms with Crippen LogP contribution in [-0.2, 0) is 6.42 Å². The van der Waals surface area contributed by atoms with E-state index >= 15 is 0 Å². The predicted molar refractivity (Wildman–Crippen MR) is 109 cm³/mol. The minimum atomic E-state index is -0.321. The molecule has 0 saturated carbocycles. The van der Waals surface area contributed by atoms with Gasteiger partial charge in [0.05, 0.1) is 10.3 Å². The van der Waals surface area contributed by atoms with Gasteiger partial charge in [-0.25, -0.2) is 9.78 Å². The molecule has 0 bridgehead atoms. The van der Waals surface area contributed by atoms with Crippen molar-refractivity contribution in [3.63, 3.8) is 0 Å². The van der Waals surface area contributed by atoms with Crippen molar-refractivity contribution in [2.75, 3.05) is 0 Å². The Balaban J connectivity index is 1.54. The van der Waals surface area contributed by atoms with Crippen LogP contribution in [0.2, 0.25) is 0 Å². The standard InChI is InChI=1S/C21H17NO3S2/c1-12(10-17-22-20-18(21(24)25-17)13(2)11-27-20)14-5-7-15(8-6-14)19(23)16-4-3-9-26-16/h3-9,11-12H,10H2,1-2H3. The lowest BCUT2D eigenvalue weighted by atomic mass is 9.96. The van der Waals surface area contributed by atoms with Crippen LogP contribution in [0.4, 0.5) is 0 Å². The molecule has 0 aliphatic heterocycles. The van der Waals surface area contributed by atoms with Crippen LogP contribution in [0.3, 0.4) is 0 Å². The van der Waals surface area contributed by atoms with Gasteiger partial charge < -0.3 is 4.42 Å². The lowest BCUT2D eigenvalue weighted by Crippen LogP contribution is -2.08. The third-order valence-electron chi connectivity index (χ3n) is 4.56. The van der Waals surface area contributed by atoms with Crippen molar-refractivity contribution in [3.8, 4) is 0 Å². The van der Waals surface area contributed by atoms with Crippen molar-refractivity contribution >= 4 is 38.7 Å². The van der Waals surface area contributed by atoms with Crippen LogP contribution in [0.5, 0.6) is 0 Å². The third-order valence-corrected chi connectivity index (χ3v) is 6.42. The maximum Gasteiger partial charge on any atom is 0.347 e. The molecule has 0 N–H and O–H groups in total. The molecular formula is C21H17NO3S2. The van der Waals surface area contributed by atoms with E-state index in [-0.39, 0.29) is 17.3 Å². The number of nitrogens with zero attached hydrogens (tertiary/aromatic N) is 1. The number of hydrogen-bond acceptors (Lipinski definition) is 6. The van der Waals surface area contributed by atoms with Gasteiger partial charge in [-0.15, -0.1) is 22.7 Å². The summed E-state index contributed by atoms with van der Waals surface area (Å²) in [7, 11) is 0. The Morgan fingerprint density at radius 1 is 1.19 bits per heavy atom. The number of hydrogen-bond donors (Lipinski definition) is 0. The molecule has 3 aromatic heterocycles. The first-order valence-corrected chi connectivity index (χ1v) is 10.3. The van der Waals surface area contributed by atoms with E-state index in [9.17, 15) is 9.59 Å². The molecule has 3 heterocycles. The molecule has 27 heavy (non-hydrogen) atoms. The SMILES string of the molecule is Cc1csc2nc(CC(C)c3ccc(C(=O)c4cccs4)cc3)oc(=O)c12. The van der Waals surface area contributed by atoms with Gasteiger partial charge in [-0.2, -0.15) is 0 Å². The Morgan fingerprint density at radius 3 is 2.67 bits per heavy atom. The van der Waals surface area contributed by atoms with Crippen LogP contribution in [0.15, 0.2) is 56.4 Å². The fourth-order valence-electron chi connectivity index (χ4n) is 3.04. The fraction of sp³-hybridized carbons (Fsp3) is 0.190. The zero-order chi connectivity index (χ0) is 19.0. The number of ketones is 1. The van der Waals surface area contributed by atoms with E-state index in [1.165, 1.54) is 22.7 Å². The van der Waals surface area contributed by atoms with Gasteiger partial charge in [-0.1, -0.05) is 37.3 Å². The molecule has 4 aromatic rings. The van der Waals surface area contributed by atoms with Crippen molar-refractivity contribution in [1.29, 1.82) is 0 Å². The first-order valence-electron chi connectivity index (χ1n) is 8.59. The minimum absolute atomic E-state index is 0.0374. The summed E-state index contributed by atoms with van der Waals surface area (Å²) in [6.07, 6.45) is 0.528. The van der Waals surface area contributed by atoms with Crippen LogP contribution in [0.1, 0.15) is 45.1 Å². The van der Waals surface area contributed by atoms with E-state index in [0.717, 1.165) is 20.8 Å². The van der Waals surface area contributed by atoms with Gasteiger partial charge >= 0.3 is 5.63 Å². The molecule has 4 nitrogen and oxygen atoms in total. The second kappa shape index (κ2) is 7.21. The second-order valence-corrected chi connectivity index (χ2v) is 8.33. The van der Waals surface area contributed by atoms with E-state index in [1.54, 1.807) is 0 Å². The van der Waals surface area contributed by atoms with Gasteiger partial charge in [0, 0.05) is 12.0 Å². The summed E-state index contributed by atoms with van der Waals surface area (Å²) >= 11 is 2.90. The molecule has 0 amide bonds. The molecule has 6 heteroatoms. The molecule has 0 aliphatic carbocycles. The predicted octanol–water partition coefficient (Wildman–Crippen LogP) is 5.20. The third kappa shape index (κ3) is 3.50. The second-order valence-electron chi connectivity index (χ2n) is 6.53. The molecule has 1 unspecified atom stereocenters. The fourth-order valence-corrected chi connectivity index (χ4v) is 4.64. The highest BCUT2D eigenvalue weighted by molar-refractivity contribution is 7.16. The summed E-state index contributed by atoms with van der Waals surface area (Å²) in [5.41, 5.74) is 2.33. The number of benzene rings is 1. The van der Waals surface area contributed by atoms with E-state index in [0.29, 0.717) is 23.3 Å². The van der Waals surface area contributed by atoms with E-state index in [4.69, 9.17) is 4.42 Å². The highest BCUT2D eigenvalue weighted by Gasteiger charge is 2.15. The highest BCUT2D eigenvalue weighted by Crippen LogP contribution is 2.24. The van der Waals surface area contributed by atoms with Gasteiger partial charge in [-0.3, -0.25) is 4.79 Å². The zero-order valence-corrected chi connectivity index (χ0v) is 16.5. The molecule has 136 valence electrons. The van der Waals surface area contributed by atoms with Gasteiger partial charge in [-0.05, 0) is 40.8 Å². The average molecular weight is 396 g/mol. The molecule has 0 saturated heterocycles. The number of aromatic nitrogens is 1. The lowest BCUT2D eigenvalue weighted by Gasteiger charge is -2.11. The quantitative estimate of drug-likeness (QED) is 0.436. The smallest absolute Gasteiger partial charge is 0.347 e. The van der Waals surface area contributed by atoms with Crippen LogP contribution in [0, 0.1) is 6.92 Å². The Hall–Kier alpha value is -2.57. The van der Waals surface area contributed by atoms with Gasteiger partial charge in [0.15, 0.2) is 5.89 Å². The Kier molecular flexibility index (Phi) is 4.76. The van der Waals surface area contributed by atoms with Crippen molar-refractivity contribution in [2.24, 2.45) is 0 Å². The first kappa shape index (κ1) is 17.8. The number of carbonyl (C=O) groups excluding carboxylic acids is 1. The highest BCUT2D eigenvalue weighted by atomic mass is 32.1. The van der Waals surface area contributed by atoms with Crippen LogP contribution in [0.25, 0.3) is 10.2 Å². The van der Waals surface area contributed by atoms with Gasteiger partial charge in [0.2, 0.25) is 5.78 Å². The normalized spacial score (nSPS) is 12.4. The summed E-state index contributed by atoms with van der Waals surface area (Å²) in [6, 6.07) is 11.3. The molecule has 0 spiro atoms. The maximum absolute atomic E-state index is 12.4. The zero-order valence-electron chi connectivity index (χ0n) is 14.9. The van der Waals surface area contributed by atoms with Crippen LogP contribution >= 0.6 is 22.7 Å². The van der Waals surface area contributed by atoms with Crippen molar-refractivity contribution in [2.45, 2.75) is 26.2 Å². The average Bonchev–Trinajstić information content (AvgIpc) is 3.32. The molecule has 1 atom stereocenters. The molecule has 0 aliphatic rings. The summed E-state index contributed by atoms with van der Waals surface area (Å²) in [5, 5.41) is 4.40. The van der Waals surface area contributed by atoms with Gasteiger partial charge in [0.25, 0.3) is 0 Å².